The van der Waals surface area contributed by atoms with Crippen LogP contribution in [-0.4, -0.2) is 62.7 Å². The highest BCUT2D eigenvalue weighted by molar-refractivity contribution is 7.21. The lowest BCUT2D eigenvalue weighted by atomic mass is 10.1. The average molecular weight is 931 g/mol. The minimum absolute atomic E-state index is 0.0290. The van der Waals surface area contributed by atoms with Gasteiger partial charge in [-0.25, -0.2) is 9.59 Å². The fraction of sp³-hybridized carbons (Fsp3) is 0.240. The van der Waals surface area contributed by atoms with Crippen LogP contribution < -0.4 is 11.1 Å². The fourth-order valence-electron chi connectivity index (χ4n) is 6.15. The number of carboxylic acid groups (broad SMARTS) is 1. The number of aromatic nitrogens is 2. The molecular formula is C50H50N4O10S2. The summed E-state index contributed by atoms with van der Waals surface area (Å²) in [7, 11) is 0. The van der Waals surface area contributed by atoms with Crippen molar-refractivity contribution in [3.05, 3.63) is 165 Å². The van der Waals surface area contributed by atoms with Crippen molar-refractivity contribution in [2.75, 3.05) is 0 Å². The van der Waals surface area contributed by atoms with Crippen LogP contribution in [0.3, 0.4) is 0 Å². The van der Waals surface area contributed by atoms with Crippen molar-refractivity contribution >= 4 is 78.7 Å². The Balaban J connectivity index is 0.000000239. The molecule has 4 heterocycles. The minimum atomic E-state index is -1.03. The zero-order valence-corrected chi connectivity index (χ0v) is 38.3. The molecule has 0 spiro atoms. The van der Waals surface area contributed by atoms with Crippen LogP contribution in [0.2, 0.25) is 0 Å². The van der Waals surface area contributed by atoms with E-state index in [4.69, 9.17) is 29.8 Å². The van der Waals surface area contributed by atoms with Gasteiger partial charge in [0.2, 0.25) is 0 Å². The number of ether oxygens (including phenoxy) is 3. The molecule has 4 aromatic heterocycles. The molecule has 342 valence electrons. The third-order valence-electron chi connectivity index (χ3n) is 9.65. The Morgan fingerprint density at radius 2 is 1.00 bits per heavy atom. The minimum Gasteiger partial charge on any atom is -0.481 e. The number of aryl methyl sites for hydroxylation is 2. The number of hydrogen-bond donors (Lipinski definition) is 3. The van der Waals surface area contributed by atoms with E-state index < -0.39 is 36.1 Å². The zero-order chi connectivity index (χ0) is 47.4. The maximum atomic E-state index is 12.9. The molecule has 7 aromatic rings. The first-order chi connectivity index (χ1) is 31.8. The number of nitrogens with one attached hydrogen (secondary N) is 1. The van der Waals surface area contributed by atoms with E-state index in [1.165, 1.54) is 22.7 Å². The molecule has 14 nitrogen and oxygen atoms in total. The van der Waals surface area contributed by atoms with Crippen molar-refractivity contribution < 1.29 is 48.1 Å². The Hall–Kier alpha value is -7.14. The van der Waals surface area contributed by atoms with Gasteiger partial charge in [0.05, 0.1) is 30.2 Å². The number of benzene rings is 3. The zero-order valence-electron chi connectivity index (χ0n) is 36.6. The Labute approximate surface area is 389 Å². The number of fused-ring (bicyclic) bond motifs is 2. The van der Waals surface area contributed by atoms with E-state index in [1.807, 2.05) is 117 Å². The summed E-state index contributed by atoms with van der Waals surface area (Å²) in [6.07, 6.45) is 3.28. The molecule has 1 amide bonds. The number of ketones is 2. The largest absolute Gasteiger partial charge is 0.481 e. The predicted molar refractivity (Wildman–Crippen MR) is 253 cm³/mol. The van der Waals surface area contributed by atoms with E-state index in [2.05, 4.69) is 15.3 Å². The van der Waals surface area contributed by atoms with E-state index in [1.54, 1.807) is 24.5 Å². The van der Waals surface area contributed by atoms with Crippen molar-refractivity contribution in [2.45, 2.75) is 78.4 Å². The number of aliphatic carboxylic acids is 1. The standard InChI is InChI=1S/C28H26N2O5S.C20H20N2O3S.C2H4O2/c1-19-14-15-29-23-16-25(36-26(19)23)24(31)13-12-22(27(32)34-17-20-8-4-2-5-9-20)30-28(33)35-18-21-10-6-3-7-11-21;1-13-9-10-22-16-11-18(26-19(13)16)17(23)8-7-15(21)20(24)25-12-14-5-3-2-4-6-14;1-2(3)4/h2-11,14-16,22H,12-13,17-18H2,1H3,(H,30,33);2-6,9-11,15H,7-8,12,21H2,1H3;1H3,(H,3,4)/t22-;15-;/m11./s1. The second-order valence-electron chi connectivity index (χ2n) is 14.9. The van der Waals surface area contributed by atoms with Crippen LogP contribution in [0.4, 0.5) is 4.79 Å². The topological polar surface area (TPSA) is 214 Å². The third kappa shape index (κ3) is 15.8. The van der Waals surface area contributed by atoms with Gasteiger partial charge in [-0.05, 0) is 78.8 Å². The summed E-state index contributed by atoms with van der Waals surface area (Å²) >= 11 is 2.81. The molecule has 0 fully saturated rings. The highest BCUT2D eigenvalue weighted by atomic mass is 32.1. The second kappa shape index (κ2) is 25.4. The lowest BCUT2D eigenvalue weighted by Crippen LogP contribution is -2.42. The number of nitrogens with two attached hydrogens (primary N) is 1. The number of hydrogen-bond acceptors (Lipinski definition) is 14. The van der Waals surface area contributed by atoms with Crippen molar-refractivity contribution in [2.24, 2.45) is 5.73 Å². The van der Waals surface area contributed by atoms with Gasteiger partial charge in [0.1, 0.15) is 31.9 Å². The lowest BCUT2D eigenvalue weighted by Gasteiger charge is -2.17. The first-order valence-electron chi connectivity index (χ1n) is 20.9. The van der Waals surface area contributed by atoms with Gasteiger partial charge in [-0.3, -0.25) is 29.1 Å². The molecule has 0 radical (unpaired) electrons. The van der Waals surface area contributed by atoms with Gasteiger partial charge in [0.15, 0.2) is 11.6 Å². The number of nitrogens with zero attached hydrogens (tertiary/aromatic N) is 2. The Kier molecular flexibility index (Phi) is 19.2. The molecule has 4 N–H and O–H groups in total. The number of thiophene rings is 2. The lowest BCUT2D eigenvalue weighted by molar-refractivity contribution is -0.148. The normalized spacial score (nSPS) is 11.5. The first-order valence-corrected chi connectivity index (χ1v) is 22.5. The Bertz CT molecular complexity index is 2720. The maximum absolute atomic E-state index is 12.9. The summed E-state index contributed by atoms with van der Waals surface area (Å²) in [4.78, 5) is 81.4. The van der Waals surface area contributed by atoms with Gasteiger partial charge in [-0.2, -0.15) is 0 Å². The highest BCUT2D eigenvalue weighted by Gasteiger charge is 2.25. The first kappa shape index (κ1) is 49.9. The highest BCUT2D eigenvalue weighted by Crippen LogP contribution is 2.29. The van der Waals surface area contributed by atoms with Crippen LogP contribution in [0, 0.1) is 13.8 Å². The van der Waals surface area contributed by atoms with Crippen molar-refractivity contribution in [1.29, 1.82) is 0 Å². The molecule has 2 atom stereocenters. The quantitative estimate of drug-likeness (QED) is 0.0442. The van der Waals surface area contributed by atoms with E-state index >= 15 is 0 Å². The summed E-state index contributed by atoms with van der Waals surface area (Å²) in [5.74, 6) is -2.11. The number of alkyl carbamates (subject to hydrolysis) is 1. The molecule has 3 aromatic carbocycles. The molecule has 0 saturated heterocycles. The van der Waals surface area contributed by atoms with E-state index in [9.17, 15) is 24.0 Å². The SMILES string of the molecule is CC(=O)O.Cc1ccnc2cc(C(=O)CC[C@@H](N)C(=O)OCc3ccccc3)sc12.Cc1ccnc2cc(C(=O)CC[C@@H](NC(=O)OCc3ccccc3)C(=O)OCc3ccccc3)sc12. The van der Waals surface area contributed by atoms with Crippen molar-refractivity contribution in [3.63, 3.8) is 0 Å². The van der Waals surface area contributed by atoms with E-state index in [-0.39, 0.29) is 57.1 Å². The Morgan fingerprint density at radius 1 is 0.606 bits per heavy atom. The summed E-state index contributed by atoms with van der Waals surface area (Å²) in [6, 6.07) is 33.4. The average Bonchev–Trinajstić information content (AvgIpc) is 3.98. The van der Waals surface area contributed by atoms with Gasteiger partial charge >= 0.3 is 18.0 Å². The summed E-state index contributed by atoms with van der Waals surface area (Å²) in [5.41, 5.74) is 12.2. The number of carbonyl (C=O) groups is 6. The molecule has 0 aliphatic heterocycles. The van der Waals surface area contributed by atoms with Gasteiger partial charge in [-0.15, -0.1) is 22.7 Å². The smallest absolute Gasteiger partial charge is 0.408 e. The molecule has 16 heteroatoms. The molecular weight excluding hydrogens is 881 g/mol. The molecule has 7 rings (SSSR count). The molecule has 0 bridgehead atoms. The number of carboxylic acids is 1. The van der Waals surface area contributed by atoms with Gasteiger partial charge in [-0.1, -0.05) is 91.0 Å². The number of Topliss-reactive ketones (excluding diaryl/α,β-unsaturated/α-hetero) is 2. The number of carbonyl (C=O) groups excluding carboxylic acids is 5. The van der Waals surface area contributed by atoms with Crippen LogP contribution in [0.1, 0.15) is 79.8 Å². The van der Waals surface area contributed by atoms with Gasteiger partial charge in [0.25, 0.3) is 5.97 Å². The van der Waals surface area contributed by atoms with E-state index in [0.717, 1.165) is 55.2 Å². The Morgan fingerprint density at radius 3 is 1.42 bits per heavy atom. The number of esters is 2. The molecule has 0 unspecified atom stereocenters. The summed E-state index contributed by atoms with van der Waals surface area (Å²) in [6.45, 7) is 5.35. The van der Waals surface area contributed by atoms with Crippen LogP contribution in [0.25, 0.3) is 20.4 Å². The second-order valence-corrected chi connectivity index (χ2v) is 17.0. The van der Waals surface area contributed by atoms with Crippen LogP contribution in [-0.2, 0) is 48.4 Å². The third-order valence-corrected chi connectivity index (χ3v) is 12.3. The summed E-state index contributed by atoms with van der Waals surface area (Å²) in [5, 5.41) is 9.99. The monoisotopic (exact) mass is 930 g/mol. The van der Waals surface area contributed by atoms with Crippen LogP contribution in [0.15, 0.2) is 128 Å². The number of pyridine rings is 2. The van der Waals surface area contributed by atoms with E-state index in [0.29, 0.717) is 9.75 Å². The van der Waals surface area contributed by atoms with Crippen LogP contribution in [0.5, 0.6) is 0 Å². The molecule has 0 aliphatic carbocycles. The fourth-order valence-corrected chi connectivity index (χ4v) is 8.26. The maximum Gasteiger partial charge on any atom is 0.408 e. The van der Waals surface area contributed by atoms with Crippen LogP contribution >= 0.6 is 22.7 Å². The molecule has 66 heavy (non-hydrogen) atoms. The number of amides is 1. The molecule has 0 aliphatic rings. The predicted octanol–water partition coefficient (Wildman–Crippen LogP) is 9.34. The van der Waals surface area contributed by atoms with Gasteiger partial charge < -0.3 is 30.4 Å². The van der Waals surface area contributed by atoms with Crippen molar-refractivity contribution in [1.82, 2.24) is 15.3 Å². The summed E-state index contributed by atoms with van der Waals surface area (Å²) < 4.78 is 17.9. The molecule has 0 saturated carbocycles. The van der Waals surface area contributed by atoms with Crippen molar-refractivity contribution in [3.8, 4) is 0 Å². The number of rotatable bonds is 17. The van der Waals surface area contributed by atoms with Gasteiger partial charge in [0, 0.05) is 32.2 Å².